The average molecular weight is 473 g/mol. The van der Waals surface area contributed by atoms with Gasteiger partial charge in [0.1, 0.15) is 6.10 Å². The summed E-state index contributed by atoms with van der Waals surface area (Å²) in [5.41, 5.74) is 1.30. The van der Waals surface area contributed by atoms with Crippen LogP contribution in [-0.2, 0) is 29.1 Å². The van der Waals surface area contributed by atoms with Crippen molar-refractivity contribution in [2.24, 2.45) is 0 Å². The maximum atomic E-state index is 12.8. The Hall–Kier alpha value is -3.24. The minimum atomic E-state index is -3.63. The number of hydrogen-bond donors (Lipinski definition) is 1. The van der Waals surface area contributed by atoms with Crippen LogP contribution in [0.5, 0.6) is 0 Å². The van der Waals surface area contributed by atoms with Crippen LogP contribution in [0.1, 0.15) is 47.7 Å². The first-order chi connectivity index (χ1) is 15.8. The zero-order valence-corrected chi connectivity index (χ0v) is 18.7. The molecule has 33 heavy (non-hydrogen) atoms. The Bertz CT molecular complexity index is 1170. The van der Waals surface area contributed by atoms with Crippen molar-refractivity contribution in [1.29, 1.82) is 0 Å². The third-order valence-corrected chi connectivity index (χ3v) is 7.46. The summed E-state index contributed by atoms with van der Waals surface area (Å²) in [6, 6.07) is 12.8. The van der Waals surface area contributed by atoms with Gasteiger partial charge in [0.15, 0.2) is 6.61 Å². The lowest BCUT2D eigenvalue weighted by Crippen LogP contribution is -2.35. The number of sulfonamides is 1. The third kappa shape index (κ3) is 5.23. The van der Waals surface area contributed by atoms with Gasteiger partial charge in [-0.3, -0.25) is 9.59 Å². The number of esters is 2. The molecule has 2 aliphatic rings. The van der Waals surface area contributed by atoms with Crippen molar-refractivity contribution in [3.05, 3.63) is 59.7 Å². The second-order valence-electron chi connectivity index (χ2n) is 7.89. The number of benzene rings is 2. The van der Waals surface area contributed by atoms with Gasteiger partial charge in [-0.25, -0.2) is 13.2 Å². The van der Waals surface area contributed by atoms with Crippen LogP contribution in [0.25, 0.3) is 0 Å². The molecule has 9 nitrogen and oxygen atoms in total. The van der Waals surface area contributed by atoms with Gasteiger partial charge < -0.3 is 14.8 Å². The fraction of sp³-hybridized carbons (Fsp3) is 0.348. The number of anilines is 1. The van der Waals surface area contributed by atoms with Gasteiger partial charge in [0, 0.05) is 24.3 Å². The second kappa shape index (κ2) is 9.72. The third-order valence-electron chi connectivity index (χ3n) is 5.56. The highest BCUT2D eigenvalue weighted by Gasteiger charge is 2.32. The fourth-order valence-corrected chi connectivity index (χ4v) is 5.48. The van der Waals surface area contributed by atoms with Gasteiger partial charge in [-0.1, -0.05) is 30.7 Å². The molecule has 2 heterocycles. The zero-order valence-electron chi connectivity index (χ0n) is 17.9. The van der Waals surface area contributed by atoms with Gasteiger partial charge >= 0.3 is 11.9 Å². The van der Waals surface area contributed by atoms with Gasteiger partial charge in [-0.05, 0) is 37.1 Å². The summed E-state index contributed by atoms with van der Waals surface area (Å²) in [6.07, 6.45) is 1.70. The lowest BCUT2D eigenvalue weighted by atomic mass is 10.0. The molecule has 4 rings (SSSR count). The van der Waals surface area contributed by atoms with Gasteiger partial charge in [-0.2, -0.15) is 4.31 Å². The van der Waals surface area contributed by atoms with E-state index in [2.05, 4.69) is 5.32 Å². The SMILES string of the molecule is O=C(COC(=O)CC1OC(=O)c2ccccc21)Nc1cccc(S(=O)(=O)N2CCCCC2)c1. The first kappa shape index (κ1) is 22.9. The van der Waals surface area contributed by atoms with Crippen LogP contribution in [0.4, 0.5) is 5.69 Å². The molecule has 1 unspecified atom stereocenters. The molecule has 1 saturated heterocycles. The Morgan fingerprint density at radius 3 is 2.61 bits per heavy atom. The first-order valence-electron chi connectivity index (χ1n) is 10.7. The van der Waals surface area contributed by atoms with Gasteiger partial charge in [0.05, 0.1) is 16.9 Å². The van der Waals surface area contributed by atoms with E-state index in [9.17, 15) is 22.8 Å². The number of ether oxygens (including phenoxy) is 2. The maximum absolute atomic E-state index is 12.8. The topological polar surface area (TPSA) is 119 Å². The van der Waals surface area contributed by atoms with E-state index in [1.165, 1.54) is 16.4 Å². The van der Waals surface area contributed by atoms with Crippen molar-refractivity contribution in [3.8, 4) is 0 Å². The summed E-state index contributed by atoms with van der Waals surface area (Å²) in [7, 11) is -3.63. The minimum absolute atomic E-state index is 0.0981. The molecule has 1 amide bonds. The predicted octanol–water partition coefficient (Wildman–Crippen LogP) is 2.64. The molecule has 0 bridgehead atoms. The Morgan fingerprint density at radius 1 is 1.06 bits per heavy atom. The average Bonchev–Trinajstić information content (AvgIpc) is 3.14. The minimum Gasteiger partial charge on any atom is -0.455 e. The molecule has 2 aromatic rings. The van der Waals surface area contributed by atoms with E-state index < -0.39 is 40.6 Å². The summed E-state index contributed by atoms with van der Waals surface area (Å²) in [5.74, 6) is -1.80. The molecule has 1 N–H and O–H groups in total. The zero-order chi connectivity index (χ0) is 23.4. The van der Waals surface area contributed by atoms with Crippen LogP contribution in [0.3, 0.4) is 0 Å². The first-order valence-corrected chi connectivity index (χ1v) is 12.1. The molecular formula is C23H24N2O7S. The molecule has 10 heteroatoms. The van der Waals surface area contributed by atoms with Gasteiger partial charge in [-0.15, -0.1) is 0 Å². The number of rotatable bonds is 7. The van der Waals surface area contributed by atoms with Crippen LogP contribution in [0.2, 0.25) is 0 Å². The van der Waals surface area contributed by atoms with E-state index in [0.717, 1.165) is 19.3 Å². The summed E-state index contributed by atoms with van der Waals surface area (Å²) < 4.78 is 37.3. The van der Waals surface area contributed by atoms with Crippen molar-refractivity contribution >= 4 is 33.6 Å². The highest BCUT2D eigenvalue weighted by atomic mass is 32.2. The number of carbonyl (C=O) groups is 3. The van der Waals surface area contributed by atoms with E-state index in [1.807, 2.05) is 0 Å². The summed E-state index contributed by atoms with van der Waals surface area (Å²) in [4.78, 5) is 36.3. The van der Waals surface area contributed by atoms with E-state index in [4.69, 9.17) is 9.47 Å². The van der Waals surface area contributed by atoms with E-state index in [1.54, 1.807) is 36.4 Å². The summed E-state index contributed by atoms with van der Waals surface area (Å²) in [6.45, 7) is 0.412. The molecular weight excluding hydrogens is 448 g/mol. The van der Waals surface area contributed by atoms with Crippen molar-refractivity contribution in [2.75, 3.05) is 25.0 Å². The van der Waals surface area contributed by atoms with Gasteiger partial charge in [0.25, 0.3) is 5.91 Å². The van der Waals surface area contributed by atoms with E-state index in [-0.39, 0.29) is 17.0 Å². The largest absolute Gasteiger partial charge is 0.455 e. The quantitative estimate of drug-likeness (QED) is 0.615. The Morgan fingerprint density at radius 2 is 1.82 bits per heavy atom. The number of fused-ring (bicyclic) bond motifs is 1. The summed E-state index contributed by atoms with van der Waals surface area (Å²) >= 11 is 0. The predicted molar refractivity (Wildman–Crippen MR) is 118 cm³/mol. The summed E-state index contributed by atoms with van der Waals surface area (Å²) in [5, 5.41) is 2.54. The molecule has 0 aliphatic carbocycles. The van der Waals surface area contributed by atoms with E-state index >= 15 is 0 Å². The maximum Gasteiger partial charge on any atom is 0.339 e. The number of carbonyl (C=O) groups excluding carboxylic acids is 3. The van der Waals surface area contributed by atoms with Crippen LogP contribution in [0, 0.1) is 0 Å². The van der Waals surface area contributed by atoms with Crippen molar-refractivity contribution in [1.82, 2.24) is 4.31 Å². The van der Waals surface area contributed by atoms with Crippen LogP contribution < -0.4 is 5.32 Å². The number of hydrogen-bond acceptors (Lipinski definition) is 7. The monoisotopic (exact) mass is 472 g/mol. The second-order valence-corrected chi connectivity index (χ2v) is 9.82. The lowest BCUT2D eigenvalue weighted by molar-refractivity contribution is -0.149. The molecule has 2 aromatic carbocycles. The number of cyclic esters (lactones) is 1. The van der Waals surface area contributed by atoms with Crippen LogP contribution in [-0.4, -0.2) is 50.3 Å². The molecule has 174 valence electrons. The van der Waals surface area contributed by atoms with Crippen molar-refractivity contribution < 1.29 is 32.3 Å². The van der Waals surface area contributed by atoms with Crippen molar-refractivity contribution in [2.45, 2.75) is 36.7 Å². The van der Waals surface area contributed by atoms with Crippen molar-refractivity contribution in [3.63, 3.8) is 0 Å². The molecule has 0 radical (unpaired) electrons. The fourth-order valence-electron chi connectivity index (χ4n) is 3.91. The number of nitrogens with one attached hydrogen (secondary N) is 1. The van der Waals surface area contributed by atoms with Crippen LogP contribution >= 0.6 is 0 Å². The standard InChI is InChI=1S/C23H24N2O7S/c26-21(15-31-22(27)14-20-18-9-2-3-10-19(18)23(28)32-20)24-16-7-6-8-17(13-16)33(29,30)25-11-4-1-5-12-25/h2-3,6-10,13,20H,1,4-5,11-12,14-15H2,(H,24,26). The molecule has 1 atom stereocenters. The molecule has 1 fully saturated rings. The number of piperidine rings is 1. The smallest absolute Gasteiger partial charge is 0.339 e. The Labute approximate surface area is 191 Å². The molecule has 0 spiro atoms. The number of amides is 1. The van der Waals surface area contributed by atoms with E-state index in [0.29, 0.717) is 24.2 Å². The van der Waals surface area contributed by atoms with Crippen LogP contribution in [0.15, 0.2) is 53.4 Å². The lowest BCUT2D eigenvalue weighted by Gasteiger charge is -2.26. The number of nitrogens with zero attached hydrogens (tertiary/aromatic N) is 1. The normalized spacial score (nSPS) is 18.3. The van der Waals surface area contributed by atoms with Gasteiger partial charge in [0.2, 0.25) is 10.0 Å². The highest BCUT2D eigenvalue weighted by molar-refractivity contribution is 7.89. The highest BCUT2D eigenvalue weighted by Crippen LogP contribution is 2.33. The molecule has 2 aliphatic heterocycles. The molecule has 0 aromatic heterocycles. The Balaban J connectivity index is 1.31. The molecule has 0 saturated carbocycles. The Kier molecular flexibility index (Phi) is 6.75.